The molecule has 2 aromatic heterocycles. The van der Waals surface area contributed by atoms with Gasteiger partial charge in [0.15, 0.2) is 11.7 Å². The first-order valence-electron chi connectivity index (χ1n) is 9.51. The predicted molar refractivity (Wildman–Crippen MR) is 118 cm³/mol. The zero-order chi connectivity index (χ0) is 20.5. The smallest absolute Gasteiger partial charge is 0.262 e. The van der Waals surface area contributed by atoms with Crippen molar-refractivity contribution in [1.29, 1.82) is 0 Å². The molecular formula is C20H22N4O3S2. The van der Waals surface area contributed by atoms with E-state index in [1.807, 2.05) is 31.2 Å². The van der Waals surface area contributed by atoms with Crippen LogP contribution in [0.25, 0.3) is 9.53 Å². The molecule has 1 aromatic carbocycles. The minimum absolute atomic E-state index is 0.0260. The summed E-state index contributed by atoms with van der Waals surface area (Å²) in [5, 5.41) is 6.81. The van der Waals surface area contributed by atoms with E-state index in [1.165, 1.54) is 11.3 Å². The van der Waals surface area contributed by atoms with Crippen LogP contribution in [0, 0.1) is 0 Å². The van der Waals surface area contributed by atoms with E-state index < -0.39 is 0 Å². The highest BCUT2D eigenvalue weighted by molar-refractivity contribution is 7.29. The average Bonchev–Trinajstić information content (AvgIpc) is 3.27. The van der Waals surface area contributed by atoms with Crippen molar-refractivity contribution in [2.75, 3.05) is 29.9 Å². The lowest BCUT2D eigenvalue weighted by atomic mass is 10.1. The number of anilines is 2. The standard InChI is InChI=1S/C20H22N4O3S2/c1-4-24(5-2)20-23-19-16(29-20)9-15(28-19)18(26)21-11(3)12-6-7-14-13(8-12)22-17(25)10-27-14/h6-9,11H,4-5,10H2,1-3H3,(H,21,26)(H,22,25). The Morgan fingerprint density at radius 3 is 2.83 bits per heavy atom. The van der Waals surface area contributed by atoms with Crippen molar-refractivity contribution in [1.82, 2.24) is 10.3 Å². The number of aromatic nitrogens is 1. The molecule has 2 N–H and O–H groups in total. The summed E-state index contributed by atoms with van der Waals surface area (Å²) < 4.78 is 6.41. The minimum Gasteiger partial charge on any atom is -0.482 e. The third kappa shape index (κ3) is 3.92. The van der Waals surface area contributed by atoms with Crippen molar-refractivity contribution in [3.8, 4) is 5.75 Å². The van der Waals surface area contributed by atoms with Gasteiger partial charge in [-0.05, 0) is 44.5 Å². The first-order chi connectivity index (χ1) is 14.0. The van der Waals surface area contributed by atoms with E-state index in [-0.39, 0.29) is 24.5 Å². The molecule has 152 valence electrons. The van der Waals surface area contributed by atoms with Crippen molar-refractivity contribution < 1.29 is 14.3 Å². The van der Waals surface area contributed by atoms with E-state index in [1.54, 1.807) is 11.3 Å². The first kappa shape index (κ1) is 19.7. The molecule has 0 radical (unpaired) electrons. The number of nitrogens with one attached hydrogen (secondary N) is 2. The lowest BCUT2D eigenvalue weighted by molar-refractivity contribution is -0.118. The van der Waals surface area contributed by atoms with Crippen LogP contribution in [0.3, 0.4) is 0 Å². The summed E-state index contributed by atoms with van der Waals surface area (Å²) in [7, 11) is 0. The number of amides is 2. The van der Waals surface area contributed by atoms with Gasteiger partial charge in [0.25, 0.3) is 11.8 Å². The molecule has 1 unspecified atom stereocenters. The number of thiophene rings is 1. The minimum atomic E-state index is -0.217. The Balaban J connectivity index is 1.48. The fraction of sp³-hybridized carbons (Fsp3) is 0.350. The highest BCUT2D eigenvalue weighted by atomic mass is 32.1. The molecular weight excluding hydrogens is 408 g/mol. The van der Waals surface area contributed by atoms with Crippen LogP contribution in [0.4, 0.5) is 10.8 Å². The van der Waals surface area contributed by atoms with Crippen molar-refractivity contribution in [2.24, 2.45) is 0 Å². The summed E-state index contributed by atoms with van der Waals surface area (Å²) in [6.45, 7) is 7.98. The molecule has 0 bridgehead atoms. The van der Waals surface area contributed by atoms with Crippen molar-refractivity contribution >= 4 is 54.8 Å². The van der Waals surface area contributed by atoms with Gasteiger partial charge >= 0.3 is 0 Å². The maximum atomic E-state index is 12.7. The van der Waals surface area contributed by atoms with Gasteiger partial charge in [0.2, 0.25) is 0 Å². The molecule has 1 aliphatic heterocycles. The number of carbonyl (C=O) groups excluding carboxylic acids is 2. The largest absolute Gasteiger partial charge is 0.482 e. The molecule has 3 heterocycles. The zero-order valence-corrected chi connectivity index (χ0v) is 18.1. The van der Waals surface area contributed by atoms with Crippen LogP contribution in [0.15, 0.2) is 24.3 Å². The van der Waals surface area contributed by atoms with Gasteiger partial charge in [0.1, 0.15) is 10.6 Å². The summed E-state index contributed by atoms with van der Waals surface area (Å²) in [6.07, 6.45) is 0. The van der Waals surface area contributed by atoms with Gasteiger partial charge in [0.05, 0.1) is 21.3 Å². The van der Waals surface area contributed by atoms with Crippen LogP contribution >= 0.6 is 22.7 Å². The van der Waals surface area contributed by atoms with Gasteiger partial charge in [-0.15, -0.1) is 11.3 Å². The van der Waals surface area contributed by atoms with E-state index in [2.05, 4.69) is 34.4 Å². The van der Waals surface area contributed by atoms with E-state index in [9.17, 15) is 9.59 Å². The van der Waals surface area contributed by atoms with Gasteiger partial charge < -0.3 is 20.3 Å². The lowest BCUT2D eigenvalue weighted by Gasteiger charge is -2.20. The number of ether oxygens (including phenoxy) is 1. The number of fused-ring (bicyclic) bond motifs is 2. The predicted octanol–water partition coefficient (Wildman–Crippen LogP) is 4.03. The van der Waals surface area contributed by atoms with E-state index in [0.29, 0.717) is 16.3 Å². The average molecular weight is 431 g/mol. The number of benzene rings is 1. The Labute approximate surface area is 176 Å². The summed E-state index contributed by atoms with van der Waals surface area (Å²) in [5.74, 6) is 0.331. The lowest BCUT2D eigenvalue weighted by Crippen LogP contribution is -2.27. The highest BCUT2D eigenvalue weighted by Crippen LogP contribution is 2.35. The van der Waals surface area contributed by atoms with Gasteiger partial charge in [-0.1, -0.05) is 17.4 Å². The molecule has 1 aliphatic rings. The first-order valence-corrected chi connectivity index (χ1v) is 11.1. The highest BCUT2D eigenvalue weighted by Gasteiger charge is 2.20. The molecule has 0 saturated carbocycles. The maximum Gasteiger partial charge on any atom is 0.262 e. The van der Waals surface area contributed by atoms with E-state index in [4.69, 9.17) is 4.74 Å². The molecule has 0 aliphatic carbocycles. The number of carbonyl (C=O) groups is 2. The monoisotopic (exact) mass is 430 g/mol. The molecule has 7 nitrogen and oxygen atoms in total. The van der Waals surface area contributed by atoms with Crippen LogP contribution < -0.4 is 20.3 Å². The number of nitrogens with zero attached hydrogens (tertiary/aromatic N) is 2. The third-order valence-electron chi connectivity index (χ3n) is 4.82. The quantitative estimate of drug-likeness (QED) is 0.617. The normalized spacial score (nSPS) is 14.1. The molecule has 3 aromatic rings. The summed E-state index contributed by atoms with van der Waals surface area (Å²) >= 11 is 3.02. The van der Waals surface area contributed by atoms with Crippen LogP contribution in [0.5, 0.6) is 5.75 Å². The fourth-order valence-electron chi connectivity index (χ4n) is 3.19. The molecule has 9 heteroatoms. The number of hydrogen-bond donors (Lipinski definition) is 2. The van der Waals surface area contributed by atoms with Crippen molar-refractivity contribution in [2.45, 2.75) is 26.8 Å². The second-order valence-electron chi connectivity index (χ2n) is 6.74. The van der Waals surface area contributed by atoms with E-state index in [0.717, 1.165) is 33.3 Å². The molecule has 0 fully saturated rings. The molecule has 0 saturated heterocycles. The Morgan fingerprint density at radius 1 is 1.31 bits per heavy atom. The summed E-state index contributed by atoms with van der Waals surface area (Å²) in [4.78, 5) is 32.7. The van der Waals surface area contributed by atoms with Gasteiger partial charge in [0, 0.05) is 13.1 Å². The maximum absolute atomic E-state index is 12.7. The zero-order valence-electron chi connectivity index (χ0n) is 16.4. The van der Waals surface area contributed by atoms with Crippen LogP contribution in [0.2, 0.25) is 0 Å². The van der Waals surface area contributed by atoms with Gasteiger partial charge in [-0.25, -0.2) is 4.98 Å². The molecule has 0 spiro atoms. The van der Waals surface area contributed by atoms with Crippen molar-refractivity contribution in [3.63, 3.8) is 0 Å². The Hall–Kier alpha value is -2.65. The topological polar surface area (TPSA) is 83.6 Å². The molecule has 4 rings (SSSR count). The Kier molecular flexibility index (Phi) is 5.42. The number of rotatable bonds is 6. The molecule has 2 amide bonds. The Bertz CT molecular complexity index is 1040. The fourth-order valence-corrected chi connectivity index (χ4v) is 5.43. The number of hydrogen-bond acceptors (Lipinski definition) is 7. The van der Waals surface area contributed by atoms with Gasteiger partial charge in [-0.3, -0.25) is 9.59 Å². The SMILES string of the molecule is CCN(CC)c1nc2sc(C(=O)NC(C)c3ccc4c(c3)NC(=O)CO4)cc2s1. The van der Waals surface area contributed by atoms with Crippen LogP contribution in [0.1, 0.15) is 42.0 Å². The molecule has 29 heavy (non-hydrogen) atoms. The second-order valence-corrected chi connectivity index (χ2v) is 8.78. The van der Waals surface area contributed by atoms with Crippen LogP contribution in [-0.4, -0.2) is 36.5 Å². The summed E-state index contributed by atoms with van der Waals surface area (Å²) in [5.41, 5.74) is 1.52. The summed E-state index contributed by atoms with van der Waals surface area (Å²) in [6, 6.07) is 7.24. The second kappa shape index (κ2) is 8.00. The number of thiazole rings is 1. The third-order valence-corrected chi connectivity index (χ3v) is 7.04. The van der Waals surface area contributed by atoms with Gasteiger partial charge in [-0.2, -0.15) is 0 Å². The molecule has 1 atom stereocenters. The van der Waals surface area contributed by atoms with Crippen LogP contribution in [-0.2, 0) is 4.79 Å². The Morgan fingerprint density at radius 2 is 2.10 bits per heavy atom. The van der Waals surface area contributed by atoms with Crippen molar-refractivity contribution in [3.05, 3.63) is 34.7 Å². The van der Waals surface area contributed by atoms with E-state index >= 15 is 0 Å².